The molecule has 0 unspecified atom stereocenters. The zero-order valence-electron chi connectivity index (χ0n) is 11.0. The van der Waals surface area contributed by atoms with E-state index in [1.807, 2.05) is 0 Å². The number of fused-ring (bicyclic) bond motifs is 3. The Morgan fingerprint density at radius 3 is 2.78 bits per heavy atom. The van der Waals surface area contributed by atoms with Crippen molar-refractivity contribution in [2.24, 2.45) is 0 Å². The molecule has 0 heterocycles. The van der Waals surface area contributed by atoms with Gasteiger partial charge in [0.1, 0.15) is 0 Å². The first kappa shape index (κ1) is 11.5. The summed E-state index contributed by atoms with van der Waals surface area (Å²) in [4.78, 5) is 0. The fourth-order valence-corrected chi connectivity index (χ4v) is 2.82. The van der Waals surface area contributed by atoms with E-state index in [9.17, 15) is 0 Å². The van der Waals surface area contributed by atoms with E-state index in [0.29, 0.717) is 0 Å². The molecule has 18 heavy (non-hydrogen) atoms. The molecule has 0 bridgehead atoms. The van der Waals surface area contributed by atoms with Crippen molar-refractivity contribution in [3.05, 3.63) is 59.2 Å². The number of benzene rings is 2. The standard InChI is InChI=1S/C18H19/c1-2-3-4-7-14-10-11-18-16(12-14)13-15-8-5-6-9-17(15)18/h5-6,8-11H,2-4,7,13H2,1H3. The summed E-state index contributed by atoms with van der Waals surface area (Å²) in [5.41, 5.74) is 7.03. The summed E-state index contributed by atoms with van der Waals surface area (Å²) in [6, 6.07) is 16.9. The first-order valence-electron chi connectivity index (χ1n) is 7.01. The summed E-state index contributed by atoms with van der Waals surface area (Å²) < 4.78 is 0. The fraction of sp³-hybridized carbons (Fsp3) is 0.333. The van der Waals surface area contributed by atoms with Crippen LogP contribution in [0.5, 0.6) is 0 Å². The lowest BCUT2D eigenvalue weighted by atomic mass is 10.0. The minimum absolute atomic E-state index is 1.06. The SMILES string of the molecule is CCCCCc1[c]c2c(cc1)-c1ccccc1C2. The maximum absolute atomic E-state index is 3.63. The Labute approximate surface area is 110 Å². The van der Waals surface area contributed by atoms with Crippen LogP contribution in [0.4, 0.5) is 0 Å². The van der Waals surface area contributed by atoms with E-state index in [4.69, 9.17) is 0 Å². The molecule has 0 aromatic heterocycles. The van der Waals surface area contributed by atoms with Gasteiger partial charge >= 0.3 is 0 Å². The van der Waals surface area contributed by atoms with E-state index >= 15 is 0 Å². The molecule has 3 rings (SSSR count). The fourth-order valence-electron chi connectivity index (χ4n) is 2.82. The zero-order chi connectivity index (χ0) is 12.4. The van der Waals surface area contributed by atoms with Crippen LogP contribution in [0.3, 0.4) is 0 Å². The minimum atomic E-state index is 1.06. The lowest BCUT2D eigenvalue weighted by molar-refractivity contribution is 0.716. The van der Waals surface area contributed by atoms with Gasteiger partial charge < -0.3 is 0 Å². The van der Waals surface area contributed by atoms with Crippen LogP contribution in [0.2, 0.25) is 0 Å². The molecule has 0 amide bonds. The highest BCUT2D eigenvalue weighted by Crippen LogP contribution is 2.36. The first-order chi connectivity index (χ1) is 8.88. The van der Waals surface area contributed by atoms with E-state index in [0.717, 1.165) is 6.42 Å². The molecule has 2 aromatic rings. The average molecular weight is 235 g/mol. The molecule has 91 valence electrons. The van der Waals surface area contributed by atoms with Gasteiger partial charge in [0.15, 0.2) is 0 Å². The van der Waals surface area contributed by atoms with Crippen LogP contribution in [-0.4, -0.2) is 0 Å². The van der Waals surface area contributed by atoms with E-state index in [2.05, 4.69) is 49.4 Å². The van der Waals surface area contributed by atoms with Crippen molar-refractivity contribution in [2.75, 3.05) is 0 Å². The minimum Gasteiger partial charge on any atom is -0.0654 e. The normalized spacial score (nSPS) is 12.3. The van der Waals surface area contributed by atoms with E-state index < -0.39 is 0 Å². The summed E-state index contributed by atoms with van der Waals surface area (Å²) in [5.74, 6) is 0. The van der Waals surface area contributed by atoms with Crippen molar-refractivity contribution in [2.45, 2.75) is 39.0 Å². The molecule has 0 saturated heterocycles. The lowest BCUT2D eigenvalue weighted by Gasteiger charge is -2.04. The summed E-state index contributed by atoms with van der Waals surface area (Å²) in [5, 5.41) is 0. The van der Waals surface area contributed by atoms with Gasteiger partial charge in [0.2, 0.25) is 0 Å². The largest absolute Gasteiger partial charge is 0.0654 e. The van der Waals surface area contributed by atoms with Gasteiger partial charge in [-0.3, -0.25) is 0 Å². The Bertz CT molecular complexity index is 552. The maximum atomic E-state index is 3.63. The predicted octanol–water partition coefficient (Wildman–Crippen LogP) is 4.79. The van der Waals surface area contributed by atoms with Gasteiger partial charge in [-0.05, 0) is 53.1 Å². The highest BCUT2D eigenvalue weighted by atomic mass is 14.2. The Morgan fingerprint density at radius 2 is 1.89 bits per heavy atom. The van der Waals surface area contributed by atoms with E-state index in [1.54, 1.807) is 0 Å². The van der Waals surface area contributed by atoms with Crippen LogP contribution in [0.25, 0.3) is 11.1 Å². The van der Waals surface area contributed by atoms with Crippen molar-refractivity contribution in [1.29, 1.82) is 0 Å². The molecular formula is C18H19. The molecule has 0 aliphatic heterocycles. The van der Waals surface area contributed by atoms with Crippen LogP contribution in [0.15, 0.2) is 36.4 Å². The Balaban J connectivity index is 1.84. The second-order valence-electron chi connectivity index (χ2n) is 5.17. The third-order valence-electron chi connectivity index (χ3n) is 3.81. The topological polar surface area (TPSA) is 0 Å². The molecular weight excluding hydrogens is 216 g/mol. The Morgan fingerprint density at radius 1 is 1.00 bits per heavy atom. The number of hydrogen-bond acceptors (Lipinski definition) is 0. The maximum Gasteiger partial charge on any atom is -0.000718 e. The van der Waals surface area contributed by atoms with Gasteiger partial charge in [-0.1, -0.05) is 56.2 Å². The number of hydrogen-bond donors (Lipinski definition) is 0. The van der Waals surface area contributed by atoms with Gasteiger partial charge in [-0.2, -0.15) is 0 Å². The lowest BCUT2D eigenvalue weighted by Crippen LogP contribution is -1.89. The van der Waals surface area contributed by atoms with Crippen LogP contribution >= 0.6 is 0 Å². The van der Waals surface area contributed by atoms with Gasteiger partial charge in [-0.15, -0.1) is 0 Å². The number of rotatable bonds is 4. The molecule has 1 aliphatic rings. The van der Waals surface area contributed by atoms with Gasteiger partial charge in [0, 0.05) is 0 Å². The zero-order valence-corrected chi connectivity index (χ0v) is 11.0. The van der Waals surface area contributed by atoms with Crippen molar-refractivity contribution in [3.63, 3.8) is 0 Å². The number of aryl methyl sites for hydroxylation is 1. The smallest absolute Gasteiger partial charge is 0.000718 e. The third-order valence-corrected chi connectivity index (χ3v) is 3.81. The summed E-state index contributed by atoms with van der Waals surface area (Å²) in [6.07, 6.45) is 6.14. The molecule has 0 nitrogen and oxygen atoms in total. The molecule has 1 aliphatic carbocycles. The third kappa shape index (κ3) is 2.08. The second-order valence-corrected chi connectivity index (χ2v) is 5.17. The van der Waals surface area contributed by atoms with Crippen LogP contribution in [0, 0.1) is 6.07 Å². The Kier molecular flexibility index (Phi) is 3.19. The highest BCUT2D eigenvalue weighted by Gasteiger charge is 2.17. The monoisotopic (exact) mass is 235 g/mol. The van der Waals surface area contributed by atoms with Gasteiger partial charge in [0.25, 0.3) is 0 Å². The molecule has 0 saturated carbocycles. The van der Waals surface area contributed by atoms with Crippen molar-refractivity contribution < 1.29 is 0 Å². The second kappa shape index (κ2) is 4.97. The molecule has 2 aromatic carbocycles. The molecule has 0 fully saturated rings. The van der Waals surface area contributed by atoms with Crippen molar-refractivity contribution in [1.82, 2.24) is 0 Å². The van der Waals surface area contributed by atoms with Crippen LogP contribution in [0.1, 0.15) is 42.9 Å². The molecule has 0 heteroatoms. The van der Waals surface area contributed by atoms with E-state index in [1.165, 1.54) is 53.5 Å². The van der Waals surface area contributed by atoms with Crippen molar-refractivity contribution in [3.8, 4) is 11.1 Å². The molecule has 0 spiro atoms. The summed E-state index contributed by atoms with van der Waals surface area (Å²) in [6.45, 7) is 2.25. The molecule has 0 atom stereocenters. The van der Waals surface area contributed by atoms with Crippen LogP contribution < -0.4 is 0 Å². The van der Waals surface area contributed by atoms with Gasteiger partial charge in [0.05, 0.1) is 0 Å². The average Bonchev–Trinajstić information content (AvgIpc) is 2.76. The predicted molar refractivity (Wildman–Crippen MR) is 76.7 cm³/mol. The van der Waals surface area contributed by atoms with E-state index in [-0.39, 0.29) is 0 Å². The Hall–Kier alpha value is -1.56. The van der Waals surface area contributed by atoms with Crippen LogP contribution in [-0.2, 0) is 12.8 Å². The number of unbranched alkanes of at least 4 members (excludes halogenated alkanes) is 2. The van der Waals surface area contributed by atoms with Gasteiger partial charge in [-0.25, -0.2) is 0 Å². The molecule has 0 N–H and O–H groups in total. The quantitative estimate of drug-likeness (QED) is 0.570. The highest BCUT2D eigenvalue weighted by molar-refractivity contribution is 5.76. The first-order valence-corrected chi connectivity index (χ1v) is 7.01. The summed E-state index contributed by atoms with van der Waals surface area (Å²) in [7, 11) is 0. The van der Waals surface area contributed by atoms with Crippen molar-refractivity contribution >= 4 is 0 Å². The summed E-state index contributed by atoms with van der Waals surface area (Å²) >= 11 is 0. The molecule has 1 radical (unpaired) electrons.